The van der Waals surface area contributed by atoms with Gasteiger partial charge in [-0.2, -0.15) is 4.98 Å². The maximum atomic E-state index is 13.1. The number of carbonyl (C=O) groups is 2. The van der Waals surface area contributed by atoms with E-state index in [1.165, 1.54) is 11.4 Å². The van der Waals surface area contributed by atoms with Crippen molar-refractivity contribution in [2.24, 2.45) is 11.3 Å². The summed E-state index contributed by atoms with van der Waals surface area (Å²) in [6.45, 7) is 2.54. The van der Waals surface area contributed by atoms with Crippen LogP contribution in [0, 0.1) is 11.3 Å². The Morgan fingerprint density at radius 2 is 2.07 bits per heavy atom. The number of nitrogens with one attached hydrogen (secondary N) is 1. The quantitative estimate of drug-likeness (QED) is 0.652. The Kier molecular flexibility index (Phi) is 4.28. The van der Waals surface area contributed by atoms with Crippen LogP contribution in [0.2, 0.25) is 0 Å². The van der Waals surface area contributed by atoms with E-state index in [1.807, 2.05) is 30.3 Å². The molecular formula is C21H22N6O3. The summed E-state index contributed by atoms with van der Waals surface area (Å²) in [7, 11) is 0. The molecule has 5 rings (SSSR count). The summed E-state index contributed by atoms with van der Waals surface area (Å²) in [5.41, 5.74) is 0.618. The standard InChI is InChI=1S/C21H22N6O3/c1-13(28)23-10-15-17(14-6-3-2-4-7-14)21(15)12-26(11-16(21)29)19(30)18-24-20-22-8-5-9-27(20)25-18/h2-9,15-17,29H,10-12H2,1H3,(H,23,28)/t15-,16-,17-,21-/m1/s1. The topological polar surface area (TPSA) is 113 Å². The summed E-state index contributed by atoms with van der Waals surface area (Å²) in [6, 6.07) is 11.7. The van der Waals surface area contributed by atoms with Crippen LogP contribution in [0.3, 0.4) is 0 Å². The molecule has 2 amide bonds. The Hall–Kier alpha value is -3.33. The third kappa shape index (κ3) is 2.85. The van der Waals surface area contributed by atoms with Gasteiger partial charge in [-0.3, -0.25) is 9.59 Å². The van der Waals surface area contributed by atoms with Crippen molar-refractivity contribution >= 4 is 17.6 Å². The van der Waals surface area contributed by atoms with Gasteiger partial charge in [0.1, 0.15) is 0 Å². The smallest absolute Gasteiger partial charge is 0.293 e. The molecule has 1 spiro atoms. The molecule has 1 aromatic carbocycles. The van der Waals surface area contributed by atoms with Gasteiger partial charge in [-0.1, -0.05) is 30.3 Å². The molecule has 3 aromatic rings. The van der Waals surface area contributed by atoms with Gasteiger partial charge >= 0.3 is 0 Å². The van der Waals surface area contributed by atoms with Crippen LogP contribution in [-0.2, 0) is 4.79 Å². The lowest BCUT2D eigenvalue weighted by molar-refractivity contribution is -0.119. The average Bonchev–Trinajstić information content (AvgIpc) is 3.01. The lowest BCUT2D eigenvalue weighted by atomic mass is 9.95. The van der Waals surface area contributed by atoms with E-state index >= 15 is 0 Å². The number of aromatic nitrogens is 4. The fraction of sp³-hybridized carbons (Fsp3) is 0.381. The molecule has 1 aliphatic carbocycles. The second-order valence-corrected chi connectivity index (χ2v) is 8.05. The predicted octanol–water partition coefficient (Wildman–Crippen LogP) is 0.477. The van der Waals surface area contributed by atoms with E-state index in [1.54, 1.807) is 23.4 Å². The highest BCUT2D eigenvalue weighted by molar-refractivity contribution is 5.91. The molecule has 9 heteroatoms. The van der Waals surface area contributed by atoms with Crippen LogP contribution < -0.4 is 5.32 Å². The van der Waals surface area contributed by atoms with Gasteiger partial charge in [0.05, 0.1) is 6.10 Å². The highest BCUT2D eigenvalue weighted by atomic mass is 16.3. The molecule has 2 aliphatic rings. The number of carbonyl (C=O) groups excluding carboxylic acids is 2. The van der Waals surface area contributed by atoms with Crippen LogP contribution >= 0.6 is 0 Å². The van der Waals surface area contributed by atoms with Crippen molar-refractivity contribution in [3.8, 4) is 0 Å². The second kappa shape index (κ2) is 6.88. The molecule has 9 nitrogen and oxygen atoms in total. The number of amides is 2. The molecule has 154 valence electrons. The van der Waals surface area contributed by atoms with E-state index in [9.17, 15) is 14.7 Å². The first-order valence-corrected chi connectivity index (χ1v) is 9.95. The number of nitrogens with zero attached hydrogens (tertiary/aromatic N) is 5. The number of benzene rings is 1. The lowest BCUT2D eigenvalue weighted by Gasteiger charge is -2.15. The maximum Gasteiger partial charge on any atom is 0.293 e. The van der Waals surface area contributed by atoms with Crippen molar-refractivity contribution in [2.75, 3.05) is 19.6 Å². The zero-order valence-electron chi connectivity index (χ0n) is 16.5. The summed E-state index contributed by atoms with van der Waals surface area (Å²) < 4.78 is 1.46. The predicted molar refractivity (Wildman–Crippen MR) is 106 cm³/mol. The first kappa shape index (κ1) is 18.7. The third-order valence-electron chi connectivity index (χ3n) is 6.37. The molecule has 2 N–H and O–H groups in total. The largest absolute Gasteiger partial charge is 0.391 e. The van der Waals surface area contributed by atoms with Gasteiger partial charge in [-0.05, 0) is 23.5 Å². The van der Waals surface area contributed by atoms with E-state index in [4.69, 9.17) is 0 Å². The van der Waals surface area contributed by atoms with Crippen LogP contribution in [0.1, 0.15) is 29.0 Å². The molecule has 0 bridgehead atoms. The van der Waals surface area contributed by atoms with Crippen molar-refractivity contribution in [1.82, 2.24) is 29.8 Å². The van der Waals surface area contributed by atoms with Crippen LogP contribution in [0.4, 0.5) is 0 Å². The molecule has 30 heavy (non-hydrogen) atoms. The van der Waals surface area contributed by atoms with Crippen LogP contribution in [0.5, 0.6) is 0 Å². The zero-order chi connectivity index (χ0) is 20.9. The number of aliphatic hydroxyl groups excluding tert-OH is 1. The highest BCUT2D eigenvalue weighted by Crippen LogP contribution is 2.68. The Morgan fingerprint density at radius 3 is 2.80 bits per heavy atom. The van der Waals surface area contributed by atoms with E-state index in [0.29, 0.717) is 18.9 Å². The van der Waals surface area contributed by atoms with Crippen LogP contribution in [-0.4, -0.2) is 67.1 Å². The van der Waals surface area contributed by atoms with Crippen molar-refractivity contribution in [3.63, 3.8) is 0 Å². The normalized spacial score (nSPS) is 27.5. The Bertz CT molecular complexity index is 1080. The zero-order valence-corrected chi connectivity index (χ0v) is 16.5. The second-order valence-electron chi connectivity index (χ2n) is 8.05. The fourth-order valence-electron chi connectivity index (χ4n) is 4.97. The van der Waals surface area contributed by atoms with Gasteiger partial charge in [0, 0.05) is 44.4 Å². The minimum absolute atomic E-state index is 0.0484. The SMILES string of the molecule is CC(=O)NC[C@@H]1[C@@H](c2ccccc2)[C@]12CN(C(=O)c1nc3ncccn3n1)C[C@H]2O. The van der Waals surface area contributed by atoms with E-state index in [2.05, 4.69) is 20.4 Å². The molecule has 0 unspecified atom stereocenters. The monoisotopic (exact) mass is 406 g/mol. The molecule has 0 radical (unpaired) electrons. The van der Waals surface area contributed by atoms with Gasteiger partial charge in [0.2, 0.25) is 11.7 Å². The number of likely N-dealkylation sites (tertiary alicyclic amines) is 1. The molecule has 1 aliphatic heterocycles. The van der Waals surface area contributed by atoms with Gasteiger partial charge in [-0.25, -0.2) is 9.50 Å². The van der Waals surface area contributed by atoms with Crippen LogP contribution in [0.25, 0.3) is 5.78 Å². The highest BCUT2D eigenvalue weighted by Gasteiger charge is 2.71. The molecule has 2 aromatic heterocycles. The number of hydrogen-bond donors (Lipinski definition) is 2. The Labute approximate surface area is 172 Å². The van der Waals surface area contributed by atoms with E-state index in [-0.39, 0.29) is 36.0 Å². The number of fused-ring (bicyclic) bond motifs is 1. The number of β-amino-alcohol motifs (C(OH)–C–C–N with tert-alkyl or cyclic N) is 1. The molecule has 1 saturated heterocycles. The molecule has 3 heterocycles. The summed E-state index contributed by atoms with van der Waals surface area (Å²) in [4.78, 5) is 34.5. The Balaban J connectivity index is 1.42. The van der Waals surface area contributed by atoms with Crippen molar-refractivity contribution in [2.45, 2.75) is 18.9 Å². The molecular weight excluding hydrogens is 384 g/mol. The number of rotatable bonds is 4. The van der Waals surface area contributed by atoms with E-state index in [0.717, 1.165) is 5.56 Å². The fourth-order valence-corrected chi connectivity index (χ4v) is 4.97. The van der Waals surface area contributed by atoms with Crippen molar-refractivity contribution in [1.29, 1.82) is 0 Å². The maximum absolute atomic E-state index is 13.1. The number of aliphatic hydroxyl groups is 1. The van der Waals surface area contributed by atoms with Gasteiger partial charge < -0.3 is 15.3 Å². The summed E-state index contributed by atoms with van der Waals surface area (Å²) >= 11 is 0. The lowest BCUT2D eigenvalue weighted by Crippen LogP contribution is -2.31. The van der Waals surface area contributed by atoms with E-state index < -0.39 is 11.5 Å². The molecule has 4 atom stereocenters. The first-order chi connectivity index (χ1) is 14.5. The molecule has 1 saturated carbocycles. The Morgan fingerprint density at radius 1 is 1.27 bits per heavy atom. The van der Waals surface area contributed by atoms with Crippen molar-refractivity contribution < 1.29 is 14.7 Å². The van der Waals surface area contributed by atoms with Crippen molar-refractivity contribution in [3.05, 3.63) is 60.2 Å². The van der Waals surface area contributed by atoms with Gasteiger partial charge in [0.15, 0.2) is 0 Å². The van der Waals surface area contributed by atoms with Crippen LogP contribution in [0.15, 0.2) is 48.8 Å². The summed E-state index contributed by atoms with van der Waals surface area (Å²) in [6.07, 6.45) is 2.58. The molecule has 2 fully saturated rings. The first-order valence-electron chi connectivity index (χ1n) is 9.95. The third-order valence-corrected chi connectivity index (χ3v) is 6.37. The number of hydrogen-bond acceptors (Lipinski definition) is 6. The summed E-state index contributed by atoms with van der Waals surface area (Å²) in [5, 5.41) is 18.1. The minimum atomic E-state index is -0.694. The minimum Gasteiger partial charge on any atom is -0.391 e. The van der Waals surface area contributed by atoms with Gasteiger partial charge in [0.25, 0.3) is 11.7 Å². The van der Waals surface area contributed by atoms with Gasteiger partial charge in [-0.15, -0.1) is 5.10 Å². The average molecular weight is 406 g/mol. The summed E-state index contributed by atoms with van der Waals surface area (Å²) in [5.74, 6) is 0.0983.